The van der Waals surface area contributed by atoms with Crippen molar-refractivity contribution in [2.24, 2.45) is 0 Å². The van der Waals surface area contributed by atoms with Crippen LogP contribution >= 0.6 is 45.2 Å². The van der Waals surface area contributed by atoms with Gasteiger partial charge in [0, 0.05) is 9.13 Å². The maximum Gasteiger partial charge on any atom is 0.201 e. The van der Waals surface area contributed by atoms with E-state index in [0.717, 1.165) is 0 Å². The minimum absolute atomic E-state index is 0.227. The van der Waals surface area contributed by atoms with Crippen LogP contribution in [0.5, 0.6) is 17.2 Å². The Balaban J connectivity index is 3.60. The van der Waals surface area contributed by atoms with Crippen LogP contribution in [0.2, 0.25) is 0 Å². The summed E-state index contributed by atoms with van der Waals surface area (Å²) in [6, 6.07) is 0. The van der Waals surface area contributed by atoms with Crippen LogP contribution < -0.4 is 0 Å². The van der Waals surface area contributed by atoms with E-state index in [9.17, 15) is 20.4 Å². The predicted molar refractivity (Wildman–Crippen MR) is 67.5 cm³/mol. The molecule has 0 saturated carbocycles. The van der Waals surface area contributed by atoms with E-state index in [1.807, 2.05) is 45.2 Å². The zero-order chi connectivity index (χ0) is 11.0. The fourth-order valence-electron chi connectivity index (χ4n) is 1.05. The molecule has 0 spiro atoms. The Labute approximate surface area is 108 Å². The molecular formula is C8H8I2O4. The van der Waals surface area contributed by atoms with E-state index in [1.54, 1.807) is 0 Å². The second-order valence-corrected chi connectivity index (χ2v) is 4.92. The Morgan fingerprint density at radius 2 is 1.43 bits per heavy atom. The van der Waals surface area contributed by atoms with Gasteiger partial charge < -0.3 is 20.4 Å². The van der Waals surface area contributed by atoms with E-state index in [-0.39, 0.29) is 11.3 Å². The average molecular weight is 422 g/mol. The zero-order valence-corrected chi connectivity index (χ0v) is 11.4. The van der Waals surface area contributed by atoms with Crippen LogP contribution in [0.15, 0.2) is 0 Å². The summed E-state index contributed by atoms with van der Waals surface area (Å²) in [5, 5.41) is 37.5. The van der Waals surface area contributed by atoms with E-state index < -0.39 is 17.6 Å². The molecule has 6 heteroatoms. The third-order valence-electron chi connectivity index (χ3n) is 1.76. The molecule has 4 nitrogen and oxygen atoms in total. The molecule has 0 fully saturated rings. The molecule has 0 saturated heterocycles. The molecule has 1 atom stereocenters. The molecule has 0 aromatic heterocycles. The van der Waals surface area contributed by atoms with Gasteiger partial charge in [-0.3, -0.25) is 0 Å². The monoisotopic (exact) mass is 422 g/mol. The Morgan fingerprint density at radius 3 is 1.86 bits per heavy atom. The number of phenols is 3. The number of phenolic OH excluding ortho intramolecular Hbond substituents is 3. The summed E-state index contributed by atoms with van der Waals surface area (Å²) in [5.41, 5.74) is 0.227. The van der Waals surface area contributed by atoms with Gasteiger partial charge in [0.2, 0.25) is 5.75 Å². The molecule has 1 aromatic carbocycles. The van der Waals surface area contributed by atoms with Crippen molar-refractivity contribution in [3.8, 4) is 17.2 Å². The summed E-state index contributed by atoms with van der Waals surface area (Å²) in [7, 11) is 0. The molecule has 78 valence electrons. The summed E-state index contributed by atoms with van der Waals surface area (Å²) < 4.78 is 0.945. The van der Waals surface area contributed by atoms with Crippen LogP contribution in [0.3, 0.4) is 0 Å². The number of aliphatic hydroxyl groups excluding tert-OH is 1. The van der Waals surface area contributed by atoms with E-state index in [4.69, 9.17) is 0 Å². The van der Waals surface area contributed by atoms with E-state index in [0.29, 0.717) is 7.14 Å². The predicted octanol–water partition coefficient (Wildman–Crippen LogP) is 2.07. The summed E-state index contributed by atoms with van der Waals surface area (Å²) in [6.45, 7) is 1.48. The van der Waals surface area contributed by atoms with Gasteiger partial charge in [0.1, 0.15) is 0 Å². The normalized spacial score (nSPS) is 12.9. The maximum absolute atomic E-state index is 9.48. The highest BCUT2D eigenvalue weighted by Crippen LogP contribution is 2.46. The quantitative estimate of drug-likeness (QED) is 0.413. The minimum atomic E-state index is -0.901. The van der Waals surface area contributed by atoms with Crippen molar-refractivity contribution in [1.29, 1.82) is 0 Å². The summed E-state index contributed by atoms with van der Waals surface area (Å²) in [6.07, 6.45) is -0.901. The number of hydrogen-bond acceptors (Lipinski definition) is 4. The number of benzene rings is 1. The van der Waals surface area contributed by atoms with Gasteiger partial charge in [-0.1, -0.05) is 0 Å². The lowest BCUT2D eigenvalue weighted by Gasteiger charge is -2.14. The molecule has 0 amide bonds. The van der Waals surface area contributed by atoms with Gasteiger partial charge in [-0.2, -0.15) is 0 Å². The molecule has 0 aliphatic carbocycles. The van der Waals surface area contributed by atoms with Crippen molar-refractivity contribution >= 4 is 45.2 Å². The average Bonchev–Trinajstić information content (AvgIpc) is 2.11. The highest BCUT2D eigenvalue weighted by atomic mass is 127. The van der Waals surface area contributed by atoms with Gasteiger partial charge in [0.05, 0.1) is 9.67 Å². The van der Waals surface area contributed by atoms with Crippen molar-refractivity contribution < 1.29 is 20.4 Å². The van der Waals surface area contributed by atoms with E-state index >= 15 is 0 Å². The summed E-state index contributed by atoms with van der Waals surface area (Å²) in [4.78, 5) is 0. The molecule has 1 rings (SSSR count). The first kappa shape index (κ1) is 12.1. The van der Waals surface area contributed by atoms with Crippen LogP contribution in [0.4, 0.5) is 0 Å². The minimum Gasteiger partial charge on any atom is -0.504 e. The van der Waals surface area contributed by atoms with E-state index in [1.165, 1.54) is 6.92 Å². The molecule has 1 unspecified atom stereocenters. The van der Waals surface area contributed by atoms with Crippen LogP contribution in [0.25, 0.3) is 0 Å². The van der Waals surface area contributed by atoms with Crippen LogP contribution in [0.1, 0.15) is 18.6 Å². The molecular weight excluding hydrogens is 414 g/mol. The van der Waals surface area contributed by atoms with Gasteiger partial charge in [-0.25, -0.2) is 0 Å². The van der Waals surface area contributed by atoms with Gasteiger partial charge >= 0.3 is 0 Å². The lowest BCUT2D eigenvalue weighted by molar-refractivity contribution is 0.192. The first-order chi connectivity index (χ1) is 6.37. The van der Waals surface area contributed by atoms with E-state index in [2.05, 4.69) is 0 Å². The third-order valence-corrected chi connectivity index (χ3v) is 4.96. The van der Waals surface area contributed by atoms with Gasteiger partial charge in [-0.15, -0.1) is 0 Å². The summed E-state index contributed by atoms with van der Waals surface area (Å²) >= 11 is 3.72. The number of aromatic hydroxyl groups is 3. The van der Waals surface area contributed by atoms with Crippen molar-refractivity contribution in [2.45, 2.75) is 13.0 Å². The lowest BCUT2D eigenvalue weighted by Crippen LogP contribution is -1.98. The molecule has 0 aliphatic heterocycles. The number of hydrogen-bond donors (Lipinski definition) is 4. The van der Waals surface area contributed by atoms with Crippen LogP contribution in [-0.2, 0) is 0 Å². The fraction of sp³-hybridized carbons (Fsp3) is 0.250. The second-order valence-electron chi connectivity index (χ2n) is 2.76. The number of rotatable bonds is 1. The highest BCUT2D eigenvalue weighted by molar-refractivity contribution is 14.1. The molecule has 0 heterocycles. The van der Waals surface area contributed by atoms with Crippen molar-refractivity contribution in [1.82, 2.24) is 0 Å². The largest absolute Gasteiger partial charge is 0.504 e. The Kier molecular flexibility index (Phi) is 3.69. The topological polar surface area (TPSA) is 80.9 Å². The Morgan fingerprint density at radius 1 is 0.929 bits per heavy atom. The van der Waals surface area contributed by atoms with Crippen molar-refractivity contribution in [3.63, 3.8) is 0 Å². The fourth-order valence-corrected chi connectivity index (χ4v) is 2.56. The highest BCUT2D eigenvalue weighted by Gasteiger charge is 2.22. The van der Waals surface area contributed by atoms with Gasteiger partial charge in [0.15, 0.2) is 11.5 Å². The number of halogens is 2. The molecule has 0 bridgehead atoms. The standard InChI is InChI=1S/C8H8I2O4/c1-2(11)3-4(9)5(10)7(13)8(14)6(3)12/h2,11-14H,1H3. The van der Waals surface area contributed by atoms with Gasteiger partial charge in [0.25, 0.3) is 0 Å². The van der Waals surface area contributed by atoms with Crippen molar-refractivity contribution in [3.05, 3.63) is 12.7 Å². The zero-order valence-electron chi connectivity index (χ0n) is 7.12. The summed E-state index contributed by atoms with van der Waals surface area (Å²) in [5.74, 6) is -1.43. The van der Waals surface area contributed by atoms with Crippen LogP contribution in [0, 0.1) is 7.14 Å². The molecule has 0 radical (unpaired) electrons. The van der Waals surface area contributed by atoms with Crippen molar-refractivity contribution in [2.75, 3.05) is 0 Å². The molecule has 14 heavy (non-hydrogen) atoms. The Bertz CT molecular complexity index is 347. The number of aliphatic hydroxyl groups is 1. The van der Waals surface area contributed by atoms with Crippen LogP contribution in [-0.4, -0.2) is 20.4 Å². The smallest absolute Gasteiger partial charge is 0.201 e. The third kappa shape index (κ3) is 1.87. The SMILES string of the molecule is CC(O)c1c(O)c(O)c(O)c(I)c1I. The molecule has 4 N–H and O–H groups in total. The Hall–Kier alpha value is 0.0400. The first-order valence-corrected chi connectivity index (χ1v) is 5.83. The first-order valence-electron chi connectivity index (χ1n) is 3.67. The molecule has 1 aromatic rings. The van der Waals surface area contributed by atoms with Gasteiger partial charge in [-0.05, 0) is 52.1 Å². The second kappa shape index (κ2) is 4.27. The molecule has 0 aliphatic rings. The lowest BCUT2D eigenvalue weighted by atomic mass is 10.1. The maximum atomic E-state index is 9.48.